The van der Waals surface area contributed by atoms with Gasteiger partial charge in [-0.15, -0.1) is 0 Å². The highest BCUT2D eigenvalue weighted by atomic mass is 16.5. The van der Waals surface area contributed by atoms with Crippen LogP contribution in [0.25, 0.3) is 0 Å². The molecular formula is C22H33N3O2. The molecule has 2 aliphatic heterocycles. The average molecular weight is 372 g/mol. The SMILES string of the molecule is COc1cccc(N2CCN(CC(=O)N3CC[C@H]4CCCC[C@H]4C3)CC2)c1. The minimum absolute atomic E-state index is 0.342. The molecule has 0 spiro atoms. The van der Waals surface area contributed by atoms with Crippen molar-refractivity contribution in [1.82, 2.24) is 9.80 Å². The van der Waals surface area contributed by atoms with Gasteiger partial charge in [0.15, 0.2) is 0 Å². The van der Waals surface area contributed by atoms with Crippen molar-refractivity contribution < 1.29 is 9.53 Å². The van der Waals surface area contributed by atoms with Gasteiger partial charge in [0, 0.05) is 51.0 Å². The van der Waals surface area contributed by atoms with Crippen LogP contribution in [0.3, 0.4) is 0 Å². The second kappa shape index (κ2) is 8.51. The number of amides is 1. The molecule has 1 aromatic carbocycles. The third-order valence-corrected chi connectivity index (χ3v) is 6.79. The molecule has 2 saturated heterocycles. The van der Waals surface area contributed by atoms with E-state index in [0.29, 0.717) is 12.5 Å². The number of ether oxygens (including phenoxy) is 1. The van der Waals surface area contributed by atoms with E-state index in [0.717, 1.165) is 56.9 Å². The number of carbonyl (C=O) groups is 1. The Balaban J connectivity index is 1.26. The quantitative estimate of drug-likeness (QED) is 0.815. The van der Waals surface area contributed by atoms with Gasteiger partial charge in [0.05, 0.1) is 13.7 Å². The van der Waals surface area contributed by atoms with E-state index in [4.69, 9.17) is 4.74 Å². The number of anilines is 1. The van der Waals surface area contributed by atoms with E-state index in [1.807, 2.05) is 12.1 Å². The van der Waals surface area contributed by atoms with Crippen LogP contribution in [0.2, 0.25) is 0 Å². The monoisotopic (exact) mass is 371 g/mol. The second-order valence-electron chi connectivity index (χ2n) is 8.40. The molecule has 2 atom stereocenters. The standard InChI is InChI=1S/C22H33N3O2/c1-27-21-8-4-7-20(15-21)24-13-11-23(12-14-24)17-22(26)25-10-9-18-5-2-3-6-19(18)16-25/h4,7-8,15,18-19H,2-3,5-6,9-14,16-17H2,1H3/t18-,19+/m1/s1. The molecule has 0 bridgehead atoms. The molecule has 1 aliphatic carbocycles. The van der Waals surface area contributed by atoms with Gasteiger partial charge in [-0.1, -0.05) is 25.3 Å². The summed E-state index contributed by atoms with van der Waals surface area (Å²) in [6.07, 6.45) is 6.69. The minimum atomic E-state index is 0.342. The lowest BCUT2D eigenvalue weighted by molar-refractivity contribution is -0.135. The molecule has 3 fully saturated rings. The number of carbonyl (C=O) groups excluding carboxylic acids is 1. The molecular weight excluding hydrogens is 338 g/mol. The first-order valence-electron chi connectivity index (χ1n) is 10.6. The van der Waals surface area contributed by atoms with Crippen LogP contribution in [0.4, 0.5) is 5.69 Å². The smallest absolute Gasteiger partial charge is 0.236 e. The van der Waals surface area contributed by atoms with Crippen molar-refractivity contribution in [2.24, 2.45) is 11.8 Å². The number of rotatable bonds is 4. The lowest BCUT2D eigenvalue weighted by Crippen LogP contribution is -2.52. The number of benzene rings is 1. The summed E-state index contributed by atoms with van der Waals surface area (Å²) < 4.78 is 5.34. The van der Waals surface area contributed by atoms with E-state index in [1.54, 1.807) is 7.11 Å². The molecule has 1 saturated carbocycles. The van der Waals surface area contributed by atoms with Crippen LogP contribution in [-0.2, 0) is 4.79 Å². The zero-order valence-electron chi connectivity index (χ0n) is 16.6. The second-order valence-corrected chi connectivity index (χ2v) is 8.40. The fraction of sp³-hybridized carbons (Fsp3) is 0.682. The van der Waals surface area contributed by atoms with Gasteiger partial charge in [0.25, 0.3) is 0 Å². The van der Waals surface area contributed by atoms with Crippen molar-refractivity contribution in [3.63, 3.8) is 0 Å². The highest BCUT2D eigenvalue weighted by Crippen LogP contribution is 2.36. The molecule has 1 aromatic rings. The third-order valence-electron chi connectivity index (χ3n) is 6.79. The van der Waals surface area contributed by atoms with E-state index in [2.05, 4.69) is 26.8 Å². The van der Waals surface area contributed by atoms with Gasteiger partial charge in [0.1, 0.15) is 5.75 Å². The molecule has 5 heteroatoms. The Hall–Kier alpha value is -1.75. The number of piperazine rings is 1. The van der Waals surface area contributed by atoms with E-state index >= 15 is 0 Å². The molecule has 27 heavy (non-hydrogen) atoms. The van der Waals surface area contributed by atoms with E-state index in [-0.39, 0.29) is 0 Å². The summed E-state index contributed by atoms with van der Waals surface area (Å²) >= 11 is 0. The van der Waals surface area contributed by atoms with Crippen LogP contribution < -0.4 is 9.64 Å². The van der Waals surface area contributed by atoms with Gasteiger partial charge in [-0.05, 0) is 36.8 Å². The first-order valence-corrected chi connectivity index (χ1v) is 10.6. The topological polar surface area (TPSA) is 36.0 Å². The first kappa shape index (κ1) is 18.6. The van der Waals surface area contributed by atoms with Crippen molar-refractivity contribution in [1.29, 1.82) is 0 Å². The number of piperidine rings is 1. The van der Waals surface area contributed by atoms with Crippen LogP contribution in [-0.4, -0.2) is 68.6 Å². The van der Waals surface area contributed by atoms with Gasteiger partial charge >= 0.3 is 0 Å². The van der Waals surface area contributed by atoms with Crippen LogP contribution >= 0.6 is 0 Å². The fourth-order valence-electron chi connectivity index (χ4n) is 5.09. The van der Waals surface area contributed by atoms with E-state index in [9.17, 15) is 4.79 Å². The summed E-state index contributed by atoms with van der Waals surface area (Å²) in [6.45, 7) is 6.39. The average Bonchev–Trinajstić information content (AvgIpc) is 2.74. The van der Waals surface area contributed by atoms with Crippen molar-refractivity contribution in [2.45, 2.75) is 32.1 Å². The maximum Gasteiger partial charge on any atom is 0.236 e. The summed E-state index contributed by atoms with van der Waals surface area (Å²) in [5.74, 6) is 2.89. The number of hydrogen-bond donors (Lipinski definition) is 0. The van der Waals surface area contributed by atoms with E-state index in [1.165, 1.54) is 37.8 Å². The Morgan fingerprint density at radius 2 is 1.81 bits per heavy atom. The third kappa shape index (κ3) is 4.40. The van der Waals surface area contributed by atoms with Crippen LogP contribution in [0.1, 0.15) is 32.1 Å². The molecule has 0 N–H and O–H groups in total. The zero-order chi connectivity index (χ0) is 18.6. The highest BCUT2D eigenvalue weighted by molar-refractivity contribution is 5.78. The largest absolute Gasteiger partial charge is 0.497 e. The fourth-order valence-corrected chi connectivity index (χ4v) is 5.09. The Morgan fingerprint density at radius 1 is 1.04 bits per heavy atom. The summed E-state index contributed by atoms with van der Waals surface area (Å²) in [4.78, 5) is 19.7. The van der Waals surface area contributed by atoms with Crippen LogP contribution in [0.5, 0.6) is 5.75 Å². The molecule has 2 heterocycles. The van der Waals surface area contributed by atoms with Crippen molar-refractivity contribution >= 4 is 11.6 Å². The number of methoxy groups -OCH3 is 1. The Labute approximate surface area is 163 Å². The predicted molar refractivity (Wildman–Crippen MR) is 108 cm³/mol. The molecule has 148 valence electrons. The molecule has 3 aliphatic rings. The van der Waals surface area contributed by atoms with Crippen LogP contribution in [0.15, 0.2) is 24.3 Å². The number of nitrogens with zero attached hydrogens (tertiary/aromatic N) is 3. The van der Waals surface area contributed by atoms with Crippen LogP contribution in [0, 0.1) is 11.8 Å². The van der Waals surface area contributed by atoms with Crippen molar-refractivity contribution in [2.75, 3.05) is 57.8 Å². The molecule has 0 aromatic heterocycles. The van der Waals surface area contributed by atoms with Gasteiger partial charge < -0.3 is 14.5 Å². The predicted octanol–water partition coefficient (Wildman–Crippen LogP) is 2.86. The summed E-state index contributed by atoms with van der Waals surface area (Å²) in [6, 6.07) is 8.25. The summed E-state index contributed by atoms with van der Waals surface area (Å²) in [5, 5.41) is 0. The first-order chi connectivity index (χ1) is 13.2. The van der Waals surface area contributed by atoms with Crippen molar-refractivity contribution in [3.05, 3.63) is 24.3 Å². The van der Waals surface area contributed by atoms with E-state index < -0.39 is 0 Å². The van der Waals surface area contributed by atoms with Gasteiger partial charge in [0.2, 0.25) is 5.91 Å². The number of fused-ring (bicyclic) bond motifs is 1. The van der Waals surface area contributed by atoms with Gasteiger partial charge in [-0.3, -0.25) is 9.69 Å². The van der Waals surface area contributed by atoms with Crippen molar-refractivity contribution in [3.8, 4) is 5.75 Å². The minimum Gasteiger partial charge on any atom is -0.497 e. The summed E-state index contributed by atoms with van der Waals surface area (Å²) in [5.41, 5.74) is 1.21. The highest BCUT2D eigenvalue weighted by Gasteiger charge is 2.33. The lowest BCUT2D eigenvalue weighted by atomic mass is 9.75. The molecule has 0 radical (unpaired) electrons. The Bertz CT molecular complexity index is 642. The maximum absolute atomic E-state index is 12.8. The number of hydrogen-bond acceptors (Lipinski definition) is 4. The summed E-state index contributed by atoms with van der Waals surface area (Å²) in [7, 11) is 1.71. The molecule has 5 nitrogen and oxygen atoms in total. The maximum atomic E-state index is 12.8. The lowest BCUT2D eigenvalue weighted by Gasteiger charge is -2.42. The molecule has 0 unspecified atom stereocenters. The number of likely N-dealkylation sites (tertiary alicyclic amines) is 1. The molecule has 4 rings (SSSR count). The van der Waals surface area contributed by atoms with Gasteiger partial charge in [-0.25, -0.2) is 0 Å². The van der Waals surface area contributed by atoms with Gasteiger partial charge in [-0.2, -0.15) is 0 Å². The normalized spacial score (nSPS) is 26.6. The Kier molecular flexibility index (Phi) is 5.86. The zero-order valence-corrected chi connectivity index (χ0v) is 16.6. The molecule has 1 amide bonds. The Morgan fingerprint density at radius 3 is 2.59 bits per heavy atom.